The minimum atomic E-state index is -0.759. The summed E-state index contributed by atoms with van der Waals surface area (Å²) in [6.07, 6.45) is 0. The summed E-state index contributed by atoms with van der Waals surface area (Å²) in [4.78, 5) is 22.7. The molecular formula is C17H12FN3O4. The van der Waals surface area contributed by atoms with Gasteiger partial charge in [-0.15, -0.1) is 10.2 Å². The third kappa shape index (κ3) is 2.97. The molecule has 0 saturated carbocycles. The number of benzene rings is 2. The van der Waals surface area contributed by atoms with E-state index < -0.39 is 17.6 Å². The van der Waals surface area contributed by atoms with Crippen molar-refractivity contribution in [1.29, 1.82) is 0 Å². The molecule has 0 aliphatic rings. The van der Waals surface area contributed by atoms with Crippen LogP contribution in [0.4, 0.5) is 4.39 Å². The van der Waals surface area contributed by atoms with Gasteiger partial charge in [-0.3, -0.25) is 14.2 Å². The van der Waals surface area contributed by atoms with E-state index in [0.717, 1.165) is 11.5 Å². The smallest absolute Gasteiger partial charge is 0.295 e. The minimum Gasteiger partial charge on any atom is -0.494 e. The van der Waals surface area contributed by atoms with Crippen LogP contribution in [0.25, 0.3) is 16.5 Å². The summed E-state index contributed by atoms with van der Waals surface area (Å²) in [6, 6.07) is 9.30. The first-order valence-electron chi connectivity index (χ1n) is 7.17. The molecule has 3 aromatic rings. The molecule has 2 N–H and O–H groups in total. The maximum atomic E-state index is 13.1. The summed E-state index contributed by atoms with van der Waals surface area (Å²) in [6.45, 7) is 1.16. The van der Waals surface area contributed by atoms with Gasteiger partial charge in [0.25, 0.3) is 11.8 Å². The van der Waals surface area contributed by atoms with E-state index in [0.29, 0.717) is 11.1 Å². The van der Waals surface area contributed by atoms with Gasteiger partial charge >= 0.3 is 0 Å². The van der Waals surface area contributed by atoms with Gasteiger partial charge in [0.2, 0.25) is 11.8 Å². The highest BCUT2D eigenvalue weighted by Gasteiger charge is 2.19. The summed E-state index contributed by atoms with van der Waals surface area (Å²) in [7, 11) is 0. The van der Waals surface area contributed by atoms with E-state index in [2.05, 4.69) is 10.2 Å². The van der Waals surface area contributed by atoms with Gasteiger partial charge < -0.3 is 10.2 Å². The number of aromatic nitrogens is 1. The van der Waals surface area contributed by atoms with E-state index in [1.54, 1.807) is 0 Å². The molecule has 2 aromatic carbocycles. The van der Waals surface area contributed by atoms with Crippen LogP contribution in [0.2, 0.25) is 0 Å². The average molecular weight is 341 g/mol. The normalized spacial score (nSPS) is 11.3. The Balaban J connectivity index is 2.12. The highest BCUT2D eigenvalue weighted by molar-refractivity contribution is 6.02. The van der Waals surface area contributed by atoms with E-state index in [1.165, 1.54) is 42.5 Å². The monoisotopic (exact) mass is 341 g/mol. The van der Waals surface area contributed by atoms with Crippen LogP contribution >= 0.6 is 0 Å². The lowest BCUT2D eigenvalue weighted by Crippen LogP contribution is -1.94. The molecule has 2 amide bonds. The molecule has 0 saturated heterocycles. The second-order valence-electron chi connectivity index (χ2n) is 5.24. The third-order valence-corrected chi connectivity index (χ3v) is 3.54. The van der Waals surface area contributed by atoms with Gasteiger partial charge in [0.05, 0.1) is 5.69 Å². The number of rotatable bonds is 2. The number of hydrogen-bond acceptors (Lipinski definition) is 4. The Bertz CT molecular complexity index is 1020. The van der Waals surface area contributed by atoms with Gasteiger partial charge in [-0.05, 0) is 42.5 Å². The number of fused-ring (bicyclic) bond motifs is 1. The van der Waals surface area contributed by atoms with Gasteiger partial charge in [-0.2, -0.15) is 0 Å². The van der Waals surface area contributed by atoms with Crippen molar-refractivity contribution < 1.29 is 24.2 Å². The molecular weight excluding hydrogens is 329 g/mol. The lowest BCUT2D eigenvalue weighted by atomic mass is 10.1. The van der Waals surface area contributed by atoms with Crippen molar-refractivity contribution in [3.8, 4) is 17.4 Å². The molecule has 0 aliphatic carbocycles. The molecule has 0 radical (unpaired) electrons. The second-order valence-corrected chi connectivity index (χ2v) is 5.24. The van der Waals surface area contributed by atoms with Crippen LogP contribution in [0.15, 0.2) is 52.7 Å². The lowest BCUT2D eigenvalue weighted by Gasteiger charge is -2.06. The molecule has 0 aliphatic heterocycles. The molecule has 0 unspecified atom stereocenters. The minimum absolute atomic E-state index is 0.0871. The second kappa shape index (κ2) is 6.16. The predicted molar refractivity (Wildman–Crippen MR) is 86.4 cm³/mol. The number of carbonyl (C=O) groups excluding carboxylic acids is 2. The van der Waals surface area contributed by atoms with E-state index in [4.69, 9.17) is 0 Å². The predicted octanol–water partition coefficient (Wildman–Crippen LogP) is 3.32. The van der Waals surface area contributed by atoms with Crippen LogP contribution in [0, 0.1) is 5.82 Å². The molecule has 0 atom stereocenters. The Kier molecular flexibility index (Phi) is 4.02. The van der Waals surface area contributed by atoms with Crippen LogP contribution in [0.3, 0.4) is 0 Å². The molecule has 1 heterocycles. The maximum absolute atomic E-state index is 13.1. The van der Waals surface area contributed by atoms with E-state index >= 15 is 0 Å². The van der Waals surface area contributed by atoms with Crippen LogP contribution in [0.5, 0.6) is 11.8 Å². The SMILES string of the molecule is CC(=O)N=NC(=O)c1ccc2c(O)n(-c3ccc(F)cc3)c(O)c2c1. The van der Waals surface area contributed by atoms with Crippen molar-refractivity contribution in [1.82, 2.24) is 4.57 Å². The summed E-state index contributed by atoms with van der Waals surface area (Å²) < 4.78 is 14.2. The number of amides is 2. The third-order valence-electron chi connectivity index (χ3n) is 3.54. The fourth-order valence-corrected chi connectivity index (χ4v) is 2.41. The molecule has 7 nitrogen and oxygen atoms in total. The van der Waals surface area contributed by atoms with Crippen LogP contribution in [-0.2, 0) is 4.79 Å². The highest BCUT2D eigenvalue weighted by Crippen LogP contribution is 2.39. The standard InChI is InChI=1S/C17H12FN3O4/c1-9(22)19-20-15(23)10-2-7-13-14(8-10)17(25)21(16(13)24)12-5-3-11(18)4-6-12/h2-8,24-25H,1H3. The van der Waals surface area contributed by atoms with Crippen molar-refractivity contribution in [2.75, 3.05) is 0 Å². The largest absolute Gasteiger partial charge is 0.494 e. The first-order valence-corrected chi connectivity index (χ1v) is 7.17. The Hall–Kier alpha value is -3.55. The lowest BCUT2D eigenvalue weighted by molar-refractivity contribution is -0.116. The Labute approximate surface area is 140 Å². The van der Waals surface area contributed by atoms with Crippen LogP contribution in [-0.4, -0.2) is 26.6 Å². The van der Waals surface area contributed by atoms with E-state index in [9.17, 15) is 24.2 Å². The first kappa shape index (κ1) is 16.3. The quantitative estimate of drug-likeness (QED) is 0.698. The fraction of sp³-hybridized carbons (Fsp3) is 0.0588. The molecule has 0 fully saturated rings. The van der Waals surface area contributed by atoms with Gasteiger partial charge in [0.1, 0.15) is 5.82 Å². The van der Waals surface area contributed by atoms with Crippen molar-refractivity contribution >= 4 is 22.6 Å². The maximum Gasteiger partial charge on any atom is 0.295 e. The van der Waals surface area contributed by atoms with E-state index in [1.807, 2.05) is 0 Å². The van der Waals surface area contributed by atoms with Gasteiger partial charge in [0, 0.05) is 23.3 Å². The zero-order valence-corrected chi connectivity index (χ0v) is 13.0. The highest BCUT2D eigenvalue weighted by atomic mass is 19.1. The van der Waals surface area contributed by atoms with Gasteiger partial charge in [-0.25, -0.2) is 4.39 Å². The van der Waals surface area contributed by atoms with Gasteiger partial charge in [-0.1, -0.05) is 0 Å². The Morgan fingerprint density at radius 1 is 0.960 bits per heavy atom. The Morgan fingerprint density at radius 3 is 2.24 bits per heavy atom. The average Bonchev–Trinajstić information content (AvgIpc) is 2.84. The zero-order valence-electron chi connectivity index (χ0n) is 13.0. The van der Waals surface area contributed by atoms with Crippen molar-refractivity contribution in [3.05, 3.63) is 53.8 Å². The zero-order chi connectivity index (χ0) is 18.1. The molecule has 0 bridgehead atoms. The number of halogens is 1. The molecule has 0 spiro atoms. The van der Waals surface area contributed by atoms with Crippen LogP contribution in [0.1, 0.15) is 17.3 Å². The van der Waals surface area contributed by atoms with Gasteiger partial charge in [0.15, 0.2) is 0 Å². The Morgan fingerprint density at radius 2 is 1.60 bits per heavy atom. The number of aromatic hydroxyl groups is 2. The van der Waals surface area contributed by atoms with E-state index in [-0.39, 0.29) is 22.7 Å². The first-order chi connectivity index (χ1) is 11.9. The van der Waals surface area contributed by atoms with Crippen molar-refractivity contribution in [3.63, 3.8) is 0 Å². The molecule has 126 valence electrons. The summed E-state index contributed by atoms with van der Waals surface area (Å²) in [5, 5.41) is 27.7. The molecule has 1 aromatic heterocycles. The van der Waals surface area contributed by atoms with Crippen molar-refractivity contribution in [2.24, 2.45) is 10.2 Å². The number of hydrogen-bond donors (Lipinski definition) is 2. The summed E-state index contributed by atoms with van der Waals surface area (Å²) in [5.74, 6) is -2.41. The molecule has 8 heteroatoms. The van der Waals surface area contributed by atoms with Crippen molar-refractivity contribution in [2.45, 2.75) is 6.92 Å². The summed E-state index contributed by atoms with van der Waals surface area (Å²) >= 11 is 0. The number of nitrogens with zero attached hydrogens (tertiary/aromatic N) is 3. The van der Waals surface area contributed by atoms with Crippen LogP contribution < -0.4 is 0 Å². The number of azo groups is 1. The topological polar surface area (TPSA) is 104 Å². The fourth-order valence-electron chi connectivity index (χ4n) is 2.41. The molecule has 25 heavy (non-hydrogen) atoms. The molecule has 3 rings (SSSR count). The number of carbonyl (C=O) groups is 2. The summed E-state index contributed by atoms with van der Waals surface area (Å²) in [5.41, 5.74) is 0.431.